The Balaban J connectivity index is 2.25. The second kappa shape index (κ2) is 5.83. The molecule has 0 bridgehead atoms. The summed E-state index contributed by atoms with van der Waals surface area (Å²) in [6.07, 6.45) is 0. The Morgan fingerprint density at radius 3 is 2.52 bits per heavy atom. The lowest BCUT2D eigenvalue weighted by molar-refractivity contribution is 0.102. The van der Waals surface area contributed by atoms with Crippen LogP contribution in [0.5, 0.6) is 0 Å². The third-order valence-electron chi connectivity index (χ3n) is 3.18. The van der Waals surface area contributed by atoms with Crippen LogP contribution < -0.4 is 16.0 Å². The molecule has 5 nitrogen and oxygen atoms in total. The van der Waals surface area contributed by atoms with Crippen LogP contribution in [0.1, 0.15) is 21.6 Å². The zero-order valence-corrected chi connectivity index (χ0v) is 12.8. The predicted molar refractivity (Wildman–Crippen MR) is 86.8 cm³/mol. The summed E-state index contributed by atoms with van der Waals surface area (Å²) in [6, 6.07) is 9.11. The molecule has 3 N–H and O–H groups in total. The third kappa shape index (κ3) is 3.51. The highest BCUT2D eigenvalue weighted by atomic mass is 16.1. The normalized spacial score (nSPS) is 10.3. The molecular formula is C16H20N4O. The molecule has 0 saturated heterocycles. The first-order chi connectivity index (χ1) is 9.86. The molecule has 1 aromatic carbocycles. The van der Waals surface area contributed by atoms with Gasteiger partial charge in [-0.2, -0.15) is 0 Å². The molecular weight excluding hydrogens is 264 g/mol. The van der Waals surface area contributed by atoms with E-state index >= 15 is 0 Å². The van der Waals surface area contributed by atoms with Crippen molar-refractivity contribution in [3.05, 3.63) is 47.2 Å². The van der Waals surface area contributed by atoms with E-state index in [1.54, 1.807) is 12.1 Å². The van der Waals surface area contributed by atoms with Gasteiger partial charge < -0.3 is 16.0 Å². The first-order valence-corrected chi connectivity index (χ1v) is 6.70. The molecule has 2 aromatic rings. The van der Waals surface area contributed by atoms with Gasteiger partial charge in [0.2, 0.25) is 0 Å². The summed E-state index contributed by atoms with van der Waals surface area (Å²) >= 11 is 0. The molecule has 0 aliphatic rings. The van der Waals surface area contributed by atoms with Gasteiger partial charge >= 0.3 is 0 Å². The largest absolute Gasteiger partial charge is 0.384 e. The number of nitrogens with zero attached hydrogens (tertiary/aromatic N) is 2. The van der Waals surface area contributed by atoms with E-state index in [0.717, 1.165) is 22.6 Å². The number of nitrogens with one attached hydrogen (secondary N) is 1. The summed E-state index contributed by atoms with van der Waals surface area (Å²) in [5.41, 5.74) is 9.88. The molecule has 0 fully saturated rings. The average Bonchev–Trinajstić information content (AvgIpc) is 2.39. The van der Waals surface area contributed by atoms with Crippen molar-refractivity contribution in [2.24, 2.45) is 0 Å². The number of hydrogen-bond donors (Lipinski definition) is 2. The maximum absolute atomic E-state index is 12.3. The second-order valence-corrected chi connectivity index (χ2v) is 5.27. The molecule has 110 valence electrons. The summed E-state index contributed by atoms with van der Waals surface area (Å²) < 4.78 is 0. The number of anilines is 3. The minimum atomic E-state index is -0.194. The van der Waals surface area contributed by atoms with Gasteiger partial charge in [-0.05, 0) is 43.7 Å². The van der Waals surface area contributed by atoms with Gasteiger partial charge in [0.15, 0.2) is 0 Å². The SMILES string of the molecule is Cc1cc(C(=O)Nc2ccc(C)c(N(C)C)c2)cc(N)n1. The van der Waals surface area contributed by atoms with Crippen LogP contribution in [-0.4, -0.2) is 25.0 Å². The highest BCUT2D eigenvalue weighted by Crippen LogP contribution is 2.23. The lowest BCUT2D eigenvalue weighted by Crippen LogP contribution is -2.15. The van der Waals surface area contributed by atoms with Gasteiger partial charge in [0.05, 0.1) is 0 Å². The smallest absolute Gasteiger partial charge is 0.255 e. The van der Waals surface area contributed by atoms with Crippen molar-refractivity contribution in [3.63, 3.8) is 0 Å². The Kier molecular flexibility index (Phi) is 4.12. The Bertz CT molecular complexity index is 660. The van der Waals surface area contributed by atoms with E-state index in [9.17, 15) is 4.79 Å². The molecule has 0 saturated carbocycles. The number of rotatable bonds is 3. The number of aryl methyl sites for hydroxylation is 2. The zero-order valence-electron chi connectivity index (χ0n) is 12.8. The van der Waals surface area contributed by atoms with E-state index in [2.05, 4.69) is 10.3 Å². The molecule has 1 aromatic heterocycles. The number of hydrogen-bond acceptors (Lipinski definition) is 4. The molecule has 0 atom stereocenters. The maximum Gasteiger partial charge on any atom is 0.255 e. The molecule has 1 heterocycles. The lowest BCUT2D eigenvalue weighted by Gasteiger charge is -2.17. The Morgan fingerprint density at radius 1 is 1.19 bits per heavy atom. The van der Waals surface area contributed by atoms with E-state index in [-0.39, 0.29) is 5.91 Å². The monoisotopic (exact) mass is 284 g/mol. The summed E-state index contributed by atoms with van der Waals surface area (Å²) in [5, 5.41) is 2.89. The molecule has 5 heteroatoms. The van der Waals surface area contributed by atoms with Crippen molar-refractivity contribution < 1.29 is 4.79 Å². The molecule has 0 aliphatic carbocycles. The van der Waals surface area contributed by atoms with Gasteiger partial charge in [-0.25, -0.2) is 4.98 Å². The number of amides is 1. The van der Waals surface area contributed by atoms with Gasteiger partial charge in [-0.1, -0.05) is 6.07 Å². The van der Waals surface area contributed by atoms with Crippen molar-refractivity contribution in [1.82, 2.24) is 4.98 Å². The van der Waals surface area contributed by atoms with Gasteiger partial charge in [0.1, 0.15) is 5.82 Å². The molecule has 21 heavy (non-hydrogen) atoms. The summed E-state index contributed by atoms with van der Waals surface area (Å²) in [7, 11) is 3.95. The molecule has 0 radical (unpaired) electrons. The fourth-order valence-electron chi connectivity index (χ4n) is 2.20. The number of benzene rings is 1. The van der Waals surface area contributed by atoms with E-state index < -0.39 is 0 Å². The van der Waals surface area contributed by atoms with E-state index in [1.165, 1.54) is 0 Å². The van der Waals surface area contributed by atoms with Crippen molar-refractivity contribution in [3.8, 4) is 0 Å². The van der Waals surface area contributed by atoms with E-state index in [0.29, 0.717) is 11.4 Å². The van der Waals surface area contributed by atoms with Gasteiger partial charge in [-0.3, -0.25) is 4.79 Å². The molecule has 0 unspecified atom stereocenters. The van der Waals surface area contributed by atoms with E-state index in [4.69, 9.17) is 5.73 Å². The van der Waals surface area contributed by atoms with Crippen LogP contribution in [0.4, 0.5) is 17.2 Å². The van der Waals surface area contributed by atoms with Crippen LogP contribution in [0.2, 0.25) is 0 Å². The lowest BCUT2D eigenvalue weighted by atomic mass is 10.1. The average molecular weight is 284 g/mol. The number of pyridine rings is 1. The number of carbonyl (C=O) groups excluding carboxylic acids is 1. The zero-order chi connectivity index (χ0) is 15.6. The van der Waals surface area contributed by atoms with Crippen molar-refractivity contribution in [2.45, 2.75) is 13.8 Å². The molecule has 0 spiro atoms. The fraction of sp³-hybridized carbons (Fsp3) is 0.250. The first-order valence-electron chi connectivity index (χ1n) is 6.70. The summed E-state index contributed by atoms with van der Waals surface area (Å²) in [4.78, 5) is 18.4. The first kappa shape index (κ1) is 14.8. The Morgan fingerprint density at radius 2 is 1.90 bits per heavy atom. The summed E-state index contributed by atoms with van der Waals surface area (Å²) in [6.45, 7) is 3.84. The van der Waals surface area contributed by atoms with E-state index in [1.807, 2.05) is 51.0 Å². The van der Waals surface area contributed by atoms with Crippen molar-refractivity contribution in [2.75, 3.05) is 30.0 Å². The van der Waals surface area contributed by atoms with Gasteiger partial charge in [-0.15, -0.1) is 0 Å². The quantitative estimate of drug-likeness (QED) is 0.908. The standard InChI is InChI=1S/C16H20N4O/c1-10-5-6-13(9-14(10)20(3)4)19-16(21)12-7-11(2)18-15(17)8-12/h5-9H,1-4H3,(H2,17,18)(H,19,21). The minimum Gasteiger partial charge on any atom is -0.384 e. The topological polar surface area (TPSA) is 71.2 Å². The minimum absolute atomic E-state index is 0.194. The van der Waals surface area contributed by atoms with Crippen LogP contribution in [-0.2, 0) is 0 Å². The number of aromatic nitrogens is 1. The van der Waals surface area contributed by atoms with Crippen LogP contribution >= 0.6 is 0 Å². The van der Waals surface area contributed by atoms with Gasteiger partial charge in [0, 0.05) is 36.7 Å². The van der Waals surface area contributed by atoms with Crippen molar-refractivity contribution >= 4 is 23.1 Å². The van der Waals surface area contributed by atoms with Crippen LogP contribution in [0.25, 0.3) is 0 Å². The van der Waals surface area contributed by atoms with Crippen molar-refractivity contribution in [1.29, 1.82) is 0 Å². The highest BCUT2D eigenvalue weighted by Gasteiger charge is 2.09. The second-order valence-electron chi connectivity index (χ2n) is 5.27. The molecule has 1 amide bonds. The number of nitrogen functional groups attached to an aromatic ring is 1. The highest BCUT2D eigenvalue weighted by molar-refractivity contribution is 6.05. The number of carbonyl (C=O) groups is 1. The molecule has 2 rings (SSSR count). The summed E-state index contributed by atoms with van der Waals surface area (Å²) in [5.74, 6) is 0.152. The number of nitrogens with two attached hydrogens (primary N) is 1. The van der Waals surface area contributed by atoms with Crippen LogP contribution in [0, 0.1) is 13.8 Å². The maximum atomic E-state index is 12.3. The predicted octanol–water partition coefficient (Wildman–Crippen LogP) is 2.60. The van der Waals surface area contributed by atoms with Gasteiger partial charge in [0.25, 0.3) is 5.91 Å². The van der Waals surface area contributed by atoms with Crippen LogP contribution in [0.3, 0.4) is 0 Å². The molecule has 0 aliphatic heterocycles. The van der Waals surface area contributed by atoms with Crippen LogP contribution in [0.15, 0.2) is 30.3 Å². The Labute approximate surface area is 124 Å². The third-order valence-corrected chi connectivity index (χ3v) is 3.18. The fourth-order valence-corrected chi connectivity index (χ4v) is 2.20. The Hall–Kier alpha value is -2.56.